The third-order valence-corrected chi connectivity index (χ3v) is 6.18. The molecule has 1 unspecified atom stereocenters. The van der Waals surface area contributed by atoms with Gasteiger partial charge in [-0.25, -0.2) is 0 Å². The van der Waals surface area contributed by atoms with Crippen LogP contribution in [0.25, 0.3) is 0 Å². The number of fused-ring (bicyclic) bond motifs is 1. The average Bonchev–Trinajstić information content (AvgIpc) is 3.20. The number of hydrogen-bond donors (Lipinski definition) is 1. The number of amides is 1. The van der Waals surface area contributed by atoms with Crippen LogP contribution in [0.1, 0.15) is 52.1 Å². The highest BCUT2D eigenvalue weighted by molar-refractivity contribution is 6.42. The number of nitrogens with zero attached hydrogens (tertiary/aromatic N) is 3. The van der Waals surface area contributed by atoms with E-state index in [1.807, 2.05) is 30.7 Å². The van der Waals surface area contributed by atoms with Crippen LogP contribution in [-0.4, -0.2) is 20.8 Å². The van der Waals surface area contributed by atoms with E-state index in [9.17, 15) is 4.79 Å². The van der Waals surface area contributed by atoms with E-state index in [0.29, 0.717) is 33.9 Å². The van der Waals surface area contributed by atoms with E-state index < -0.39 is 0 Å². The highest BCUT2D eigenvalue weighted by Crippen LogP contribution is 2.29. The summed E-state index contributed by atoms with van der Waals surface area (Å²) in [6, 6.07) is 5.50. The fourth-order valence-corrected chi connectivity index (χ4v) is 4.09. The summed E-state index contributed by atoms with van der Waals surface area (Å²) in [6.45, 7) is 6.50. The van der Waals surface area contributed by atoms with Gasteiger partial charge in [0, 0.05) is 12.0 Å². The van der Waals surface area contributed by atoms with Gasteiger partial charge >= 0.3 is 0 Å². The van der Waals surface area contributed by atoms with E-state index in [-0.39, 0.29) is 5.91 Å². The van der Waals surface area contributed by atoms with Crippen LogP contribution >= 0.6 is 23.2 Å². The van der Waals surface area contributed by atoms with E-state index >= 15 is 0 Å². The minimum absolute atomic E-state index is 0.260. The molecular formula is C21H22Cl2N4O2. The van der Waals surface area contributed by atoms with Gasteiger partial charge in [0.1, 0.15) is 5.76 Å². The Morgan fingerprint density at radius 1 is 1.31 bits per heavy atom. The minimum Gasteiger partial charge on any atom is -0.360 e. The van der Waals surface area contributed by atoms with E-state index in [2.05, 4.69) is 22.5 Å². The number of carbonyl (C=O) groups is 1. The lowest BCUT2D eigenvalue weighted by Crippen LogP contribution is -2.18. The molecule has 2 heterocycles. The first-order valence-corrected chi connectivity index (χ1v) is 10.4. The Balaban J connectivity index is 1.56. The molecule has 29 heavy (non-hydrogen) atoms. The SMILES string of the molecule is Cc1nn(Cc2ccc(Cl)c(Cl)c2)c(C)c1NC(=O)c1noc2c1CC(C)CC2. The Kier molecular flexibility index (Phi) is 5.40. The molecule has 1 N–H and O–H groups in total. The summed E-state index contributed by atoms with van der Waals surface area (Å²) in [7, 11) is 0. The molecule has 0 spiro atoms. The number of benzene rings is 1. The monoisotopic (exact) mass is 432 g/mol. The van der Waals surface area contributed by atoms with Gasteiger partial charge in [0.25, 0.3) is 5.91 Å². The molecule has 0 saturated carbocycles. The highest BCUT2D eigenvalue weighted by Gasteiger charge is 2.28. The predicted octanol–water partition coefficient (Wildman–Crippen LogP) is 5.22. The molecule has 0 fully saturated rings. The van der Waals surface area contributed by atoms with E-state index in [1.54, 1.807) is 6.07 Å². The predicted molar refractivity (Wildman–Crippen MR) is 113 cm³/mol. The number of halogens is 2. The summed E-state index contributed by atoms with van der Waals surface area (Å²) in [5.74, 6) is 1.09. The van der Waals surface area contributed by atoms with Gasteiger partial charge in [-0.1, -0.05) is 41.3 Å². The molecule has 1 amide bonds. The number of hydrogen-bond acceptors (Lipinski definition) is 4. The molecule has 3 aromatic rings. The lowest BCUT2D eigenvalue weighted by Gasteiger charge is -2.16. The van der Waals surface area contributed by atoms with Crippen molar-refractivity contribution in [3.05, 3.63) is 62.2 Å². The summed E-state index contributed by atoms with van der Waals surface area (Å²) in [5, 5.41) is 12.6. The molecule has 1 aliphatic carbocycles. The second-order valence-electron chi connectivity index (χ2n) is 7.69. The molecule has 152 valence electrons. The number of nitrogens with one attached hydrogen (secondary N) is 1. The van der Waals surface area contributed by atoms with E-state index in [4.69, 9.17) is 27.7 Å². The van der Waals surface area contributed by atoms with Gasteiger partial charge in [0.05, 0.1) is 33.7 Å². The van der Waals surface area contributed by atoms with Gasteiger partial charge in [-0.2, -0.15) is 5.10 Å². The second-order valence-corrected chi connectivity index (χ2v) is 8.50. The van der Waals surface area contributed by atoms with Crippen LogP contribution < -0.4 is 5.32 Å². The first-order chi connectivity index (χ1) is 13.8. The number of carbonyl (C=O) groups excluding carboxylic acids is 1. The van der Waals surface area contributed by atoms with Gasteiger partial charge in [-0.05, 0) is 50.3 Å². The summed E-state index contributed by atoms with van der Waals surface area (Å²) in [4.78, 5) is 12.9. The van der Waals surface area contributed by atoms with Crippen LogP contribution in [0.4, 0.5) is 5.69 Å². The summed E-state index contributed by atoms with van der Waals surface area (Å²) in [5.41, 5.74) is 4.56. The fourth-order valence-electron chi connectivity index (χ4n) is 3.77. The topological polar surface area (TPSA) is 73.0 Å². The smallest absolute Gasteiger partial charge is 0.278 e. The van der Waals surface area contributed by atoms with Crippen LogP contribution in [0.15, 0.2) is 22.7 Å². The first-order valence-electron chi connectivity index (χ1n) is 9.60. The van der Waals surface area contributed by atoms with Crippen molar-refractivity contribution in [2.45, 2.75) is 46.6 Å². The molecule has 0 radical (unpaired) electrons. The van der Waals surface area contributed by atoms with Crippen LogP contribution in [0.5, 0.6) is 0 Å². The Labute approximate surface area is 179 Å². The maximum atomic E-state index is 12.9. The molecule has 0 bridgehead atoms. The lowest BCUT2D eigenvalue weighted by atomic mass is 9.88. The molecule has 0 saturated heterocycles. The minimum atomic E-state index is -0.260. The molecule has 0 aliphatic heterocycles. The fraction of sp³-hybridized carbons (Fsp3) is 0.381. The molecule has 1 aliphatic rings. The number of rotatable bonds is 4. The Morgan fingerprint density at radius 3 is 2.86 bits per heavy atom. The van der Waals surface area contributed by atoms with Crippen LogP contribution in [0, 0.1) is 19.8 Å². The third-order valence-electron chi connectivity index (χ3n) is 5.44. The third kappa shape index (κ3) is 3.91. The van der Waals surface area contributed by atoms with Gasteiger partial charge < -0.3 is 9.84 Å². The van der Waals surface area contributed by atoms with Crippen molar-refractivity contribution in [2.24, 2.45) is 5.92 Å². The van der Waals surface area contributed by atoms with Crippen LogP contribution in [-0.2, 0) is 19.4 Å². The Bertz CT molecular complexity index is 1090. The zero-order valence-electron chi connectivity index (χ0n) is 16.6. The quantitative estimate of drug-likeness (QED) is 0.612. The van der Waals surface area contributed by atoms with Crippen molar-refractivity contribution in [3.8, 4) is 0 Å². The lowest BCUT2D eigenvalue weighted by molar-refractivity contribution is 0.101. The Morgan fingerprint density at radius 2 is 2.10 bits per heavy atom. The van der Waals surface area contributed by atoms with Gasteiger partial charge in [0.2, 0.25) is 0 Å². The maximum Gasteiger partial charge on any atom is 0.278 e. The molecular weight excluding hydrogens is 411 g/mol. The summed E-state index contributed by atoms with van der Waals surface area (Å²) >= 11 is 12.1. The van der Waals surface area contributed by atoms with Crippen molar-refractivity contribution >= 4 is 34.8 Å². The normalized spacial score (nSPS) is 16.0. The van der Waals surface area contributed by atoms with Crippen LogP contribution in [0.3, 0.4) is 0 Å². The molecule has 8 heteroatoms. The van der Waals surface area contributed by atoms with Gasteiger partial charge in [0.15, 0.2) is 5.69 Å². The molecule has 4 rings (SSSR count). The molecule has 1 aromatic carbocycles. The van der Waals surface area contributed by atoms with Crippen molar-refractivity contribution in [3.63, 3.8) is 0 Å². The molecule has 1 atom stereocenters. The van der Waals surface area contributed by atoms with Crippen molar-refractivity contribution in [1.82, 2.24) is 14.9 Å². The van der Waals surface area contributed by atoms with Gasteiger partial charge in [-0.15, -0.1) is 0 Å². The Hall–Kier alpha value is -2.31. The zero-order valence-corrected chi connectivity index (χ0v) is 18.1. The summed E-state index contributed by atoms with van der Waals surface area (Å²) in [6.07, 6.45) is 2.70. The summed E-state index contributed by atoms with van der Waals surface area (Å²) < 4.78 is 7.24. The number of anilines is 1. The van der Waals surface area contributed by atoms with Crippen molar-refractivity contribution in [2.75, 3.05) is 5.32 Å². The second kappa shape index (κ2) is 7.84. The average molecular weight is 433 g/mol. The maximum absolute atomic E-state index is 12.9. The highest BCUT2D eigenvalue weighted by atomic mass is 35.5. The first kappa shape index (κ1) is 20.0. The van der Waals surface area contributed by atoms with E-state index in [1.165, 1.54) is 0 Å². The van der Waals surface area contributed by atoms with Crippen LogP contribution in [0.2, 0.25) is 10.0 Å². The largest absolute Gasteiger partial charge is 0.360 e. The molecule has 2 aromatic heterocycles. The van der Waals surface area contributed by atoms with Crippen molar-refractivity contribution in [1.29, 1.82) is 0 Å². The zero-order chi connectivity index (χ0) is 20.7. The number of aryl methyl sites for hydroxylation is 2. The van der Waals surface area contributed by atoms with E-state index in [0.717, 1.165) is 47.5 Å². The standard InChI is InChI=1S/C21H22Cl2N4O2/c1-11-4-7-18-15(8-11)20(26-29-18)21(28)24-19-12(2)25-27(13(19)3)10-14-5-6-16(22)17(23)9-14/h5-6,9,11H,4,7-8,10H2,1-3H3,(H,24,28). The van der Waals surface area contributed by atoms with Crippen molar-refractivity contribution < 1.29 is 9.32 Å². The number of aromatic nitrogens is 3. The molecule has 6 nitrogen and oxygen atoms in total. The van der Waals surface area contributed by atoms with Gasteiger partial charge in [-0.3, -0.25) is 9.48 Å².